The van der Waals surface area contributed by atoms with Crippen LogP contribution in [-0.2, 0) is 9.53 Å². The Hall–Kier alpha value is -2.48. The summed E-state index contributed by atoms with van der Waals surface area (Å²) in [7, 11) is 0. The average Bonchev–Trinajstić information content (AvgIpc) is 3.16. The lowest BCUT2D eigenvalue weighted by atomic mass is 9.83. The van der Waals surface area contributed by atoms with Crippen molar-refractivity contribution in [2.75, 3.05) is 26.3 Å². The number of likely N-dealkylation sites (tertiary alicyclic amines) is 1. The molecule has 2 amide bonds. The third-order valence-corrected chi connectivity index (χ3v) is 4.96. The van der Waals surface area contributed by atoms with Crippen LogP contribution in [0.3, 0.4) is 0 Å². The van der Waals surface area contributed by atoms with Crippen LogP contribution in [0.4, 0.5) is 0 Å². The van der Waals surface area contributed by atoms with Gasteiger partial charge in [-0.15, -0.1) is 10.2 Å². The van der Waals surface area contributed by atoms with Gasteiger partial charge in [-0.3, -0.25) is 14.0 Å². The second-order valence-corrected chi connectivity index (χ2v) is 6.56. The van der Waals surface area contributed by atoms with Crippen molar-refractivity contribution < 1.29 is 14.3 Å². The van der Waals surface area contributed by atoms with E-state index in [0.717, 1.165) is 6.42 Å². The lowest BCUT2D eigenvalue weighted by Gasteiger charge is -2.38. The number of carbonyl (C=O) groups is 2. The summed E-state index contributed by atoms with van der Waals surface area (Å²) in [5, 5.41) is 10.9. The molecule has 2 aliphatic rings. The fourth-order valence-electron chi connectivity index (χ4n) is 3.80. The zero-order chi connectivity index (χ0) is 16.7. The van der Waals surface area contributed by atoms with Crippen LogP contribution in [0.1, 0.15) is 23.7 Å². The van der Waals surface area contributed by atoms with Crippen molar-refractivity contribution in [1.82, 2.24) is 24.8 Å². The minimum Gasteiger partial charge on any atom is -0.381 e. The Morgan fingerprint density at radius 2 is 2.29 bits per heavy atom. The van der Waals surface area contributed by atoms with E-state index in [9.17, 15) is 9.59 Å². The minimum absolute atomic E-state index is 0.0512. The Balaban J connectivity index is 1.60. The molecule has 8 heteroatoms. The summed E-state index contributed by atoms with van der Waals surface area (Å²) in [6, 6.07) is 3.53. The topological polar surface area (TPSA) is 88.8 Å². The van der Waals surface area contributed by atoms with Crippen LogP contribution in [-0.4, -0.2) is 63.2 Å². The normalized spacial score (nSPS) is 26.4. The Bertz CT molecular complexity index is 804. The molecule has 0 aliphatic carbocycles. The van der Waals surface area contributed by atoms with E-state index in [-0.39, 0.29) is 23.3 Å². The van der Waals surface area contributed by atoms with Crippen LogP contribution in [0.15, 0.2) is 24.7 Å². The molecule has 2 atom stereocenters. The summed E-state index contributed by atoms with van der Waals surface area (Å²) in [6.07, 6.45) is 4.04. The first-order chi connectivity index (χ1) is 11.6. The van der Waals surface area contributed by atoms with Gasteiger partial charge in [-0.05, 0) is 18.6 Å². The molecule has 2 aliphatic heterocycles. The zero-order valence-corrected chi connectivity index (χ0v) is 13.4. The van der Waals surface area contributed by atoms with Crippen molar-refractivity contribution >= 4 is 17.5 Å². The van der Waals surface area contributed by atoms with E-state index < -0.39 is 0 Å². The summed E-state index contributed by atoms with van der Waals surface area (Å²) >= 11 is 0. The standard InChI is InChI=1S/C16H19N5O3/c1-11(22)18-16-4-5-24-8-13(16)7-20(9-16)15(23)12-2-3-14-19-17-10-21(14)6-12/h2-3,6,10,13H,4-5,7-9H2,1H3,(H,18,22). The Kier molecular flexibility index (Phi) is 3.49. The number of amides is 2. The average molecular weight is 329 g/mol. The van der Waals surface area contributed by atoms with Crippen LogP contribution >= 0.6 is 0 Å². The van der Waals surface area contributed by atoms with Gasteiger partial charge in [0.15, 0.2) is 5.65 Å². The number of aromatic nitrogens is 3. The van der Waals surface area contributed by atoms with Crippen molar-refractivity contribution in [1.29, 1.82) is 0 Å². The number of nitrogens with zero attached hydrogens (tertiary/aromatic N) is 4. The minimum atomic E-state index is -0.375. The van der Waals surface area contributed by atoms with E-state index in [2.05, 4.69) is 15.5 Å². The Labute approximate surface area is 138 Å². The molecule has 2 aromatic rings. The van der Waals surface area contributed by atoms with Gasteiger partial charge in [0.05, 0.1) is 17.7 Å². The van der Waals surface area contributed by atoms with Gasteiger partial charge in [-0.1, -0.05) is 0 Å². The smallest absolute Gasteiger partial charge is 0.255 e. The molecule has 2 saturated heterocycles. The SMILES string of the molecule is CC(=O)NC12CCOCC1CN(C(=O)c1ccc3nncn3c1)C2. The van der Waals surface area contributed by atoms with Crippen LogP contribution < -0.4 is 5.32 Å². The van der Waals surface area contributed by atoms with Gasteiger partial charge >= 0.3 is 0 Å². The fourth-order valence-corrected chi connectivity index (χ4v) is 3.80. The summed E-state index contributed by atoms with van der Waals surface area (Å²) < 4.78 is 7.29. The predicted octanol–water partition coefficient (Wildman–Crippen LogP) is 0.0965. The zero-order valence-electron chi connectivity index (χ0n) is 13.4. The molecule has 0 saturated carbocycles. The quantitative estimate of drug-likeness (QED) is 0.844. The highest BCUT2D eigenvalue weighted by molar-refractivity contribution is 5.94. The van der Waals surface area contributed by atoms with Gasteiger partial charge in [0.2, 0.25) is 5.91 Å². The highest BCUT2D eigenvalue weighted by atomic mass is 16.5. The predicted molar refractivity (Wildman–Crippen MR) is 84.4 cm³/mol. The number of carbonyl (C=O) groups excluding carboxylic acids is 2. The lowest BCUT2D eigenvalue weighted by molar-refractivity contribution is -0.122. The highest BCUT2D eigenvalue weighted by Gasteiger charge is 2.50. The van der Waals surface area contributed by atoms with Crippen LogP contribution in [0, 0.1) is 5.92 Å². The molecule has 4 rings (SSSR count). The van der Waals surface area contributed by atoms with Crippen molar-refractivity contribution in [2.24, 2.45) is 5.92 Å². The maximum Gasteiger partial charge on any atom is 0.255 e. The number of pyridine rings is 1. The van der Waals surface area contributed by atoms with Crippen molar-refractivity contribution in [3.05, 3.63) is 30.2 Å². The fraction of sp³-hybridized carbons (Fsp3) is 0.500. The second kappa shape index (κ2) is 5.55. The summed E-state index contributed by atoms with van der Waals surface area (Å²) in [5.74, 6) is 0.00424. The van der Waals surface area contributed by atoms with Crippen molar-refractivity contribution in [3.63, 3.8) is 0 Å². The molecule has 8 nitrogen and oxygen atoms in total. The number of hydrogen-bond acceptors (Lipinski definition) is 5. The third kappa shape index (κ3) is 2.43. The molecule has 1 N–H and O–H groups in total. The number of fused-ring (bicyclic) bond motifs is 2. The Morgan fingerprint density at radius 3 is 3.12 bits per heavy atom. The maximum atomic E-state index is 12.9. The van der Waals surface area contributed by atoms with Gasteiger partial charge in [0.25, 0.3) is 5.91 Å². The molecule has 0 spiro atoms. The number of ether oxygens (including phenoxy) is 1. The highest BCUT2D eigenvalue weighted by Crippen LogP contribution is 2.35. The van der Waals surface area contributed by atoms with Crippen LogP contribution in [0.25, 0.3) is 5.65 Å². The van der Waals surface area contributed by atoms with Crippen molar-refractivity contribution in [2.45, 2.75) is 18.9 Å². The molecule has 2 unspecified atom stereocenters. The monoisotopic (exact) mass is 329 g/mol. The first-order valence-electron chi connectivity index (χ1n) is 8.03. The first-order valence-corrected chi connectivity index (χ1v) is 8.03. The van der Waals surface area contributed by atoms with E-state index in [1.807, 2.05) is 0 Å². The molecular weight excluding hydrogens is 310 g/mol. The third-order valence-electron chi connectivity index (χ3n) is 4.96. The molecule has 2 aromatic heterocycles. The molecular formula is C16H19N5O3. The van der Waals surface area contributed by atoms with Gasteiger partial charge in [0, 0.05) is 38.7 Å². The Morgan fingerprint density at radius 1 is 1.42 bits per heavy atom. The summed E-state index contributed by atoms with van der Waals surface area (Å²) in [6.45, 7) is 3.78. The summed E-state index contributed by atoms with van der Waals surface area (Å²) in [4.78, 5) is 26.3. The van der Waals surface area contributed by atoms with Crippen LogP contribution in [0.5, 0.6) is 0 Å². The van der Waals surface area contributed by atoms with E-state index >= 15 is 0 Å². The number of nitrogens with one attached hydrogen (secondary N) is 1. The second-order valence-electron chi connectivity index (χ2n) is 6.56. The molecule has 24 heavy (non-hydrogen) atoms. The van der Waals surface area contributed by atoms with E-state index in [1.54, 1.807) is 34.0 Å². The number of rotatable bonds is 2. The molecule has 0 bridgehead atoms. The van der Waals surface area contributed by atoms with Crippen molar-refractivity contribution in [3.8, 4) is 0 Å². The molecule has 0 radical (unpaired) electrons. The van der Waals surface area contributed by atoms with Gasteiger partial charge < -0.3 is 15.0 Å². The molecule has 0 aromatic carbocycles. The first kappa shape index (κ1) is 15.1. The van der Waals surface area contributed by atoms with Gasteiger partial charge in [0.1, 0.15) is 6.33 Å². The maximum absolute atomic E-state index is 12.9. The van der Waals surface area contributed by atoms with Crippen LogP contribution in [0.2, 0.25) is 0 Å². The molecule has 126 valence electrons. The molecule has 4 heterocycles. The summed E-state index contributed by atoms with van der Waals surface area (Å²) in [5.41, 5.74) is 0.907. The van der Waals surface area contributed by atoms with E-state index in [1.165, 1.54) is 6.92 Å². The van der Waals surface area contributed by atoms with Gasteiger partial charge in [-0.2, -0.15) is 0 Å². The van der Waals surface area contributed by atoms with E-state index in [0.29, 0.717) is 37.5 Å². The number of hydrogen-bond donors (Lipinski definition) is 1. The van der Waals surface area contributed by atoms with E-state index in [4.69, 9.17) is 4.74 Å². The lowest BCUT2D eigenvalue weighted by Crippen LogP contribution is -2.57. The molecule has 2 fully saturated rings. The largest absolute Gasteiger partial charge is 0.381 e. The van der Waals surface area contributed by atoms with Gasteiger partial charge in [-0.25, -0.2) is 0 Å².